The minimum Gasteiger partial charge on any atom is -0.497 e. The highest BCUT2D eigenvalue weighted by atomic mass is 35.5. The van der Waals surface area contributed by atoms with E-state index in [0.717, 1.165) is 5.56 Å². The number of halogens is 1. The molecule has 8 nitrogen and oxygen atoms in total. The SMILES string of the molecule is CCOc1cc(C=NNC(=O)CC(=O)Nc2ccc(OC)cc2)ccc1OCc1ccc(Cl)cc1. The Morgan fingerprint density at radius 1 is 0.943 bits per heavy atom. The van der Waals surface area contributed by atoms with Gasteiger partial charge in [-0.05, 0) is 72.6 Å². The molecule has 0 aromatic heterocycles. The van der Waals surface area contributed by atoms with Crippen molar-refractivity contribution in [3.8, 4) is 17.2 Å². The van der Waals surface area contributed by atoms with Crippen LogP contribution in [-0.2, 0) is 16.2 Å². The molecule has 35 heavy (non-hydrogen) atoms. The van der Waals surface area contributed by atoms with Gasteiger partial charge in [0.1, 0.15) is 18.8 Å². The summed E-state index contributed by atoms with van der Waals surface area (Å²) >= 11 is 5.92. The summed E-state index contributed by atoms with van der Waals surface area (Å²) in [6.45, 7) is 2.69. The largest absolute Gasteiger partial charge is 0.497 e. The fourth-order valence-corrected chi connectivity index (χ4v) is 3.10. The number of nitrogens with zero attached hydrogens (tertiary/aromatic N) is 1. The highest BCUT2D eigenvalue weighted by Crippen LogP contribution is 2.29. The smallest absolute Gasteiger partial charge is 0.249 e. The molecule has 3 aromatic carbocycles. The van der Waals surface area contributed by atoms with Crippen LogP contribution in [-0.4, -0.2) is 31.7 Å². The van der Waals surface area contributed by atoms with Gasteiger partial charge in [0.05, 0.1) is 19.9 Å². The summed E-state index contributed by atoms with van der Waals surface area (Å²) in [6.07, 6.45) is 1.09. The summed E-state index contributed by atoms with van der Waals surface area (Å²) in [5, 5.41) is 7.23. The molecule has 182 valence electrons. The number of amides is 2. The Balaban J connectivity index is 1.52. The van der Waals surface area contributed by atoms with E-state index in [4.69, 9.17) is 25.8 Å². The van der Waals surface area contributed by atoms with Gasteiger partial charge < -0.3 is 19.5 Å². The molecule has 0 aliphatic rings. The number of hydrogen-bond donors (Lipinski definition) is 2. The van der Waals surface area contributed by atoms with Gasteiger partial charge in [-0.1, -0.05) is 23.7 Å². The molecule has 0 unspecified atom stereocenters. The lowest BCUT2D eigenvalue weighted by molar-refractivity contribution is -0.126. The Bertz CT molecular complexity index is 1160. The van der Waals surface area contributed by atoms with Gasteiger partial charge in [-0.2, -0.15) is 5.10 Å². The van der Waals surface area contributed by atoms with E-state index in [2.05, 4.69) is 15.8 Å². The molecular formula is C26H26ClN3O5. The van der Waals surface area contributed by atoms with Gasteiger partial charge in [0, 0.05) is 10.7 Å². The summed E-state index contributed by atoms with van der Waals surface area (Å²) in [7, 11) is 1.56. The highest BCUT2D eigenvalue weighted by molar-refractivity contribution is 6.30. The summed E-state index contributed by atoms with van der Waals surface area (Å²) in [5.41, 5.74) is 4.58. The van der Waals surface area contributed by atoms with Gasteiger partial charge in [0.15, 0.2) is 11.5 Å². The number of hydrogen-bond acceptors (Lipinski definition) is 6. The first kappa shape index (κ1) is 25.6. The molecule has 0 saturated carbocycles. The van der Waals surface area contributed by atoms with E-state index < -0.39 is 11.8 Å². The van der Waals surface area contributed by atoms with Crippen molar-refractivity contribution in [3.05, 3.63) is 82.9 Å². The molecule has 0 atom stereocenters. The number of anilines is 1. The van der Waals surface area contributed by atoms with Gasteiger partial charge >= 0.3 is 0 Å². The van der Waals surface area contributed by atoms with Crippen LogP contribution in [0, 0.1) is 0 Å². The second-order valence-corrected chi connectivity index (χ2v) is 7.74. The number of nitrogens with one attached hydrogen (secondary N) is 2. The quantitative estimate of drug-likeness (QED) is 0.226. The van der Waals surface area contributed by atoms with Crippen LogP contribution < -0.4 is 25.0 Å². The van der Waals surface area contributed by atoms with E-state index in [1.54, 1.807) is 61.7 Å². The van der Waals surface area contributed by atoms with Gasteiger partial charge in [-0.15, -0.1) is 0 Å². The summed E-state index contributed by atoms with van der Waals surface area (Å²) in [6, 6.07) is 19.5. The van der Waals surface area contributed by atoms with Crippen LogP contribution in [0.3, 0.4) is 0 Å². The minimum absolute atomic E-state index is 0.360. The third-order valence-corrected chi connectivity index (χ3v) is 4.92. The number of carbonyl (C=O) groups excluding carboxylic acids is 2. The van der Waals surface area contributed by atoms with Crippen LogP contribution in [0.2, 0.25) is 5.02 Å². The van der Waals surface area contributed by atoms with E-state index in [-0.39, 0.29) is 6.42 Å². The molecule has 9 heteroatoms. The normalized spacial score (nSPS) is 10.6. The molecule has 2 N–H and O–H groups in total. The molecule has 0 spiro atoms. The Hall–Kier alpha value is -4.04. The number of benzene rings is 3. The lowest BCUT2D eigenvalue weighted by Crippen LogP contribution is -2.24. The monoisotopic (exact) mass is 495 g/mol. The second-order valence-electron chi connectivity index (χ2n) is 7.30. The van der Waals surface area contributed by atoms with Crippen molar-refractivity contribution in [1.82, 2.24) is 5.43 Å². The predicted octanol–water partition coefficient (Wildman–Crippen LogP) is 4.81. The molecular weight excluding hydrogens is 470 g/mol. The van der Waals surface area contributed by atoms with Crippen molar-refractivity contribution in [1.29, 1.82) is 0 Å². The topological polar surface area (TPSA) is 98.2 Å². The van der Waals surface area contributed by atoms with Gasteiger partial charge in [0.2, 0.25) is 11.8 Å². The molecule has 0 aliphatic carbocycles. The predicted molar refractivity (Wildman–Crippen MR) is 135 cm³/mol. The maximum atomic E-state index is 12.1. The molecule has 0 radical (unpaired) electrons. The average Bonchev–Trinajstić information content (AvgIpc) is 2.85. The van der Waals surface area contributed by atoms with Crippen LogP contribution in [0.15, 0.2) is 71.8 Å². The number of methoxy groups -OCH3 is 1. The standard InChI is InChI=1S/C26H26ClN3O5/c1-3-34-24-14-19(6-13-23(24)35-17-18-4-7-20(27)8-5-18)16-28-30-26(32)15-25(31)29-21-9-11-22(33-2)12-10-21/h4-14,16H,3,15,17H2,1-2H3,(H,29,31)(H,30,32). The third kappa shape index (κ3) is 8.35. The van der Waals surface area contributed by atoms with Crippen LogP contribution in [0.1, 0.15) is 24.5 Å². The Morgan fingerprint density at radius 3 is 2.37 bits per heavy atom. The third-order valence-electron chi connectivity index (χ3n) is 4.67. The van der Waals surface area contributed by atoms with Crippen molar-refractivity contribution in [2.45, 2.75) is 20.0 Å². The van der Waals surface area contributed by atoms with E-state index >= 15 is 0 Å². The maximum absolute atomic E-state index is 12.1. The zero-order valence-electron chi connectivity index (χ0n) is 19.4. The zero-order chi connectivity index (χ0) is 25.0. The molecule has 0 bridgehead atoms. The van der Waals surface area contributed by atoms with E-state index in [1.807, 2.05) is 19.1 Å². The van der Waals surface area contributed by atoms with Crippen molar-refractivity contribution in [2.24, 2.45) is 5.10 Å². The molecule has 3 rings (SSSR count). The summed E-state index contributed by atoms with van der Waals surface area (Å²) in [5.74, 6) is 0.807. The van der Waals surface area contributed by atoms with Gasteiger partial charge in [-0.3, -0.25) is 9.59 Å². The summed E-state index contributed by atoms with van der Waals surface area (Å²) < 4.78 is 16.6. The van der Waals surface area contributed by atoms with Crippen molar-refractivity contribution in [2.75, 3.05) is 19.0 Å². The molecule has 0 aliphatic heterocycles. The van der Waals surface area contributed by atoms with Gasteiger partial charge in [-0.25, -0.2) is 5.43 Å². The minimum atomic E-state index is -0.541. The summed E-state index contributed by atoms with van der Waals surface area (Å²) in [4.78, 5) is 24.1. The Kier molecular flexibility index (Phi) is 9.50. The second kappa shape index (κ2) is 13.0. The maximum Gasteiger partial charge on any atom is 0.249 e. The molecule has 0 fully saturated rings. The van der Waals surface area contributed by atoms with Crippen molar-refractivity contribution in [3.63, 3.8) is 0 Å². The van der Waals surface area contributed by atoms with Crippen LogP contribution in [0.4, 0.5) is 5.69 Å². The van der Waals surface area contributed by atoms with Crippen LogP contribution in [0.25, 0.3) is 0 Å². The highest BCUT2D eigenvalue weighted by Gasteiger charge is 2.10. The number of ether oxygens (including phenoxy) is 3. The van der Waals surface area contributed by atoms with Crippen LogP contribution in [0.5, 0.6) is 17.2 Å². The number of rotatable bonds is 11. The zero-order valence-corrected chi connectivity index (χ0v) is 20.2. The van der Waals surface area contributed by atoms with Gasteiger partial charge in [0.25, 0.3) is 0 Å². The molecule has 0 heterocycles. The fourth-order valence-electron chi connectivity index (χ4n) is 2.98. The van der Waals surface area contributed by atoms with Crippen molar-refractivity contribution >= 4 is 35.3 Å². The van der Waals surface area contributed by atoms with E-state index in [9.17, 15) is 9.59 Å². The van der Waals surface area contributed by atoms with E-state index in [1.165, 1.54) is 6.21 Å². The first-order chi connectivity index (χ1) is 17.0. The average molecular weight is 496 g/mol. The molecule has 3 aromatic rings. The molecule has 2 amide bonds. The number of carbonyl (C=O) groups is 2. The lowest BCUT2D eigenvalue weighted by atomic mass is 10.2. The first-order valence-electron chi connectivity index (χ1n) is 10.9. The fraction of sp³-hybridized carbons (Fsp3) is 0.192. The Labute approximate surface area is 208 Å². The lowest BCUT2D eigenvalue weighted by Gasteiger charge is -2.12. The Morgan fingerprint density at radius 2 is 1.69 bits per heavy atom. The van der Waals surface area contributed by atoms with E-state index in [0.29, 0.717) is 46.7 Å². The first-order valence-corrected chi connectivity index (χ1v) is 11.2. The number of hydrazone groups is 1. The van der Waals surface area contributed by atoms with Crippen LogP contribution >= 0.6 is 11.6 Å². The van der Waals surface area contributed by atoms with Crippen molar-refractivity contribution < 1.29 is 23.8 Å². The molecule has 0 saturated heterocycles.